The number of ether oxygens (including phenoxy) is 2. The van der Waals surface area contributed by atoms with Crippen LogP contribution in [-0.4, -0.2) is 38.0 Å². The van der Waals surface area contributed by atoms with Crippen LogP contribution in [0.15, 0.2) is 18.5 Å². The molecule has 114 valence electrons. The Hall–Kier alpha value is -0.840. The van der Waals surface area contributed by atoms with Crippen molar-refractivity contribution in [1.29, 1.82) is 0 Å². The molecule has 1 fully saturated rings. The fraction of sp³-hybridized carbons (Fsp3) is 0.750. The molecular weight excluding hydrogens is 252 g/mol. The van der Waals surface area contributed by atoms with Gasteiger partial charge in [0, 0.05) is 45.3 Å². The van der Waals surface area contributed by atoms with Gasteiger partial charge < -0.3 is 19.4 Å². The van der Waals surface area contributed by atoms with Crippen LogP contribution < -0.4 is 5.32 Å². The van der Waals surface area contributed by atoms with Gasteiger partial charge in [0.05, 0.1) is 6.61 Å². The largest absolute Gasteiger partial charge is 0.385 e. The highest BCUT2D eigenvalue weighted by atomic mass is 16.5. The average Bonchev–Trinajstić information content (AvgIpc) is 3.19. The molecule has 0 bridgehead atoms. The van der Waals surface area contributed by atoms with E-state index in [1.807, 2.05) is 0 Å². The van der Waals surface area contributed by atoms with Gasteiger partial charge in [-0.25, -0.2) is 0 Å². The molecule has 1 saturated carbocycles. The van der Waals surface area contributed by atoms with Crippen molar-refractivity contribution in [2.24, 2.45) is 5.92 Å². The second kappa shape index (κ2) is 8.45. The molecule has 1 aromatic heterocycles. The predicted octanol–water partition coefficient (Wildman–Crippen LogP) is 2.60. The summed E-state index contributed by atoms with van der Waals surface area (Å²) in [5, 5.41) is 3.61. The van der Waals surface area contributed by atoms with Crippen molar-refractivity contribution < 1.29 is 9.47 Å². The molecule has 1 aromatic rings. The van der Waals surface area contributed by atoms with Crippen molar-refractivity contribution in [1.82, 2.24) is 9.88 Å². The van der Waals surface area contributed by atoms with Crippen molar-refractivity contribution in [3.8, 4) is 0 Å². The quantitative estimate of drug-likeness (QED) is 0.633. The van der Waals surface area contributed by atoms with Gasteiger partial charge in [-0.2, -0.15) is 0 Å². The van der Waals surface area contributed by atoms with E-state index >= 15 is 0 Å². The van der Waals surface area contributed by atoms with Crippen molar-refractivity contribution in [2.45, 2.75) is 38.8 Å². The SMILES string of the molecule is CCNC(c1ccn(CCOCCCOC)c1)C1CC1. The molecule has 1 heterocycles. The summed E-state index contributed by atoms with van der Waals surface area (Å²) >= 11 is 0. The molecule has 4 heteroatoms. The summed E-state index contributed by atoms with van der Waals surface area (Å²) in [5.41, 5.74) is 1.42. The molecule has 0 amide bonds. The summed E-state index contributed by atoms with van der Waals surface area (Å²) in [6.45, 7) is 6.47. The Kier molecular flexibility index (Phi) is 6.57. The molecule has 1 N–H and O–H groups in total. The van der Waals surface area contributed by atoms with E-state index in [0.717, 1.165) is 45.2 Å². The van der Waals surface area contributed by atoms with Crippen LogP contribution in [0, 0.1) is 5.92 Å². The minimum atomic E-state index is 0.545. The third kappa shape index (κ3) is 4.93. The molecule has 0 aromatic carbocycles. The van der Waals surface area contributed by atoms with Gasteiger partial charge in [-0.05, 0) is 43.4 Å². The van der Waals surface area contributed by atoms with Gasteiger partial charge in [-0.1, -0.05) is 6.92 Å². The van der Waals surface area contributed by atoms with E-state index in [2.05, 4.69) is 35.3 Å². The van der Waals surface area contributed by atoms with Crippen LogP contribution in [0.3, 0.4) is 0 Å². The molecule has 20 heavy (non-hydrogen) atoms. The molecule has 0 radical (unpaired) electrons. The maximum absolute atomic E-state index is 5.60. The molecule has 1 unspecified atom stereocenters. The summed E-state index contributed by atoms with van der Waals surface area (Å²) < 4.78 is 12.8. The molecular formula is C16H28N2O2. The molecule has 1 aliphatic rings. The zero-order chi connectivity index (χ0) is 14.2. The Labute approximate surface area is 122 Å². The molecule has 1 atom stereocenters. The van der Waals surface area contributed by atoms with Crippen molar-refractivity contribution in [2.75, 3.05) is 33.5 Å². The average molecular weight is 280 g/mol. The second-order valence-corrected chi connectivity index (χ2v) is 5.51. The van der Waals surface area contributed by atoms with Gasteiger partial charge in [0.25, 0.3) is 0 Å². The molecule has 0 saturated heterocycles. The van der Waals surface area contributed by atoms with Gasteiger partial charge in [-0.3, -0.25) is 0 Å². The van der Waals surface area contributed by atoms with E-state index in [1.54, 1.807) is 7.11 Å². The van der Waals surface area contributed by atoms with Gasteiger partial charge in [0.15, 0.2) is 0 Å². The fourth-order valence-electron chi connectivity index (χ4n) is 2.57. The maximum Gasteiger partial charge on any atom is 0.0645 e. The maximum atomic E-state index is 5.60. The van der Waals surface area contributed by atoms with E-state index in [-0.39, 0.29) is 0 Å². The zero-order valence-electron chi connectivity index (χ0n) is 12.8. The first kappa shape index (κ1) is 15.5. The third-order valence-corrected chi connectivity index (χ3v) is 3.78. The number of nitrogens with zero attached hydrogens (tertiary/aromatic N) is 1. The summed E-state index contributed by atoms with van der Waals surface area (Å²) in [6.07, 6.45) is 8.14. The van der Waals surface area contributed by atoms with Crippen LogP contribution in [-0.2, 0) is 16.0 Å². The number of aromatic nitrogens is 1. The Morgan fingerprint density at radius 3 is 2.90 bits per heavy atom. The Morgan fingerprint density at radius 1 is 1.35 bits per heavy atom. The highest BCUT2D eigenvalue weighted by Crippen LogP contribution is 2.40. The van der Waals surface area contributed by atoms with Crippen LogP contribution in [0.2, 0.25) is 0 Å². The van der Waals surface area contributed by atoms with Gasteiger partial charge in [-0.15, -0.1) is 0 Å². The topological polar surface area (TPSA) is 35.4 Å². The van der Waals surface area contributed by atoms with Crippen LogP contribution in [0.5, 0.6) is 0 Å². The lowest BCUT2D eigenvalue weighted by atomic mass is 10.1. The monoisotopic (exact) mass is 280 g/mol. The predicted molar refractivity (Wildman–Crippen MR) is 80.9 cm³/mol. The molecule has 1 aliphatic carbocycles. The molecule has 0 spiro atoms. The van der Waals surface area contributed by atoms with Crippen LogP contribution >= 0.6 is 0 Å². The number of rotatable bonds is 11. The Balaban J connectivity index is 1.71. The highest BCUT2D eigenvalue weighted by Gasteiger charge is 2.31. The van der Waals surface area contributed by atoms with Crippen LogP contribution in [0.4, 0.5) is 0 Å². The van der Waals surface area contributed by atoms with Gasteiger partial charge >= 0.3 is 0 Å². The minimum absolute atomic E-state index is 0.545. The summed E-state index contributed by atoms with van der Waals surface area (Å²) in [4.78, 5) is 0. The lowest BCUT2D eigenvalue weighted by Gasteiger charge is -2.15. The van der Waals surface area contributed by atoms with E-state index in [4.69, 9.17) is 9.47 Å². The normalized spacial score (nSPS) is 16.5. The second-order valence-electron chi connectivity index (χ2n) is 5.51. The van der Waals surface area contributed by atoms with Gasteiger partial charge in [0.1, 0.15) is 0 Å². The van der Waals surface area contributed by atoms with Crippen molar-refractivity contribution >= 4 is 0 Å². The van der Waals surface area contributed by atoms with E-state index in [0.29, 0.717) is 6.04 Å². The lowest BCUT2D eigenvalue weighted by Crippen LogP contribution is -2.22. The lowest BCUT2D eigenvalue weighted by molar-refractivity contribution is 0.0977. The standard InChI is InChI=1S/C16H28N2O2/c1-3-17-16(14-5-6-14)15-7-8-18(13-15)9-12-20-11-4-10-19-2/h7-8,13-14,16-17H,3-6,9-12H2,1-2H3. The summed E-state index contributed by atoms with van der Waals surface area (Å²) in [6, 6.07) is 2.79. The molecule has 2 rings (SSSR count). The third-order valence-electron chi connectivity index (χ3n) is 3.78. The number of hydrogen-bond acceptors (Lipinski definition) is 3. The number of methoxy groups -OCH3 is 1. The van der Waals surface area contributed by atoms with Gasteiger partial charge in [0.2, 0.25) is 0 Å². The number of hydrogen-bond donors (Lipinski definition) is 1. The first-order valence-electron chi connectivity index (χ1n) is 7.81. The Bertz CT molecular complexity index is 374. The fourth-order valence-corrected chi connectivity index (χ4v) is 2.57. The van der Waals surface area contributed by atoms with E-state index in [9.17, 15) is 0 Å². The van der Waals surface area contributed by atoms with E-state index < -0.39 is 0 Å². The first-order chi connectivity index (χ1) is 9.85. The zero-order valence-corrected chi connectivity index (χ0v) is 12.8. The van der Waals surface area contributed by atoms with Crippen LogP contribution in [0.25, 0.3) is 0 Å². The molecule has 4 nitrogen and oxygen atoms in total. The Morgan fingerprint density at radius 2 is 2.20 bits per heavy atom. The molecule has 0 aliphatic heterocycles. The smallest absolute Gasteiger partial charge is 0.0645 e. The van der Waals surface area contributed by atoms with Crippen LogP contribution in [0.1, 0.15) is 37.8 Å². The minimum Gasteiger partial charge on any atom is -0.385 e. The highest BCUT2D eigenvalue weighted by molar-refractivity contribution is 5.18. The number of nitrogens with one attached hydrogen (secondary N) is 1. The van der Waals surface area contributed by atoms with E-state index in [1.165, 1.54) is 18.4 Å². The van der Waals surface area contributed by atoms with Crippen molar-refractivity contribution in [3.63, 3.8) is 0 Å². The summed E-state index contributed by atoms with van der Waals surface area (Å²) in [7, 11) is 1.72. The van der Waals surface area contributed by atoms with Crippen molar-refractivity contribution in [3.05, 3.63) is 24.0 Å². The first-order valence-corrected chi connectivity index (χ1v) is 7.81. The summed E-state index contributed by atoms with van der Waals surface area (Å²) in [5.74, 6) is 0.844.